The average molecular weight is 290 g/mol. The molecule has 0 bridgehead atoms. The highest BCUT2D eigenvalue weighted by Gasteiger charge is 2.06. The molecular formula is C16H12F2O3. The van der Waals surface area contributed by atoms with Crippen LogP contribution in [0.15, 0.2) is 42.5 Å². The Labute approximate surface area is 120 Å². The minimum Gasteiger partial charge on any atom is -0.478 e. The van der Waals surface area contributed by atoms with Crippen molar-refractivity contribution < 1.29 is 23.4 Å². The third kappa shape index (κ3) is 4.14. The topological polar surface area (TPSA) is 46.5 Å². The van der Waals surface area contributed by atoms with Gasteiger partial charge in [0.2, 0.25) is 0 Å². The van der Waals surface area contributed by atoms with Crippen LogP contribution in [0.5, 0.6) is 11.5 Å². The predicted octanol–water partition coefficient (Wildman–Crippen LogP) is 4.16. The van der Waals surface area contributed by atoms with Crippen LogP contribution in [0.3, 0.4) is 0 Å². The van der Waals surface area contributed by atoms with Gasteiger partial charge in [-0.05, 0) is 42.3 Å². The molecule has 0 heterocycles. The van der Waals surface area contributed by atoms with Crippen LogP contribution >= 0.6 is 0 Å². The van der Waals surface area contributed by atoms with E-state index in [4.69, 9.17) is 9.84 Å². The van der Waals surface area contributed by atoms with Crippen molar-refractivity contribution in [3.8, 4) is 11.5 Å². The number of aryl methyl sites for hydroxylation is 1. The van der Waals surface area contributed by atoms with Gasteiger partial charge in [0.1, 0.15) is 23.1 Å². The lowest BCUT2D eigenvalue weighted by Crippen LogP contribution is -1.91. The zero-order valence-electron chi connectivity index (χ0n) is 11.1. The van der Waals surface area contributed by atoms with Crippen LogP contribution in [-0.4, -0.2) is 11.1 Å². The quantitative estimate of drug-likeness (QED) is 0.860. The Bertz CT molecular complexity index is 709. The first-order valence-corrected chi connectivity index (χ1v) is 6.09. The third-order valence-corrected chi connectivity index (χ3v) is 2.69. The van der Waals surface area contributed by atoms with Gasteiger partial charge in [-0.2, -0.15) is 0 Å². The number of halogens is 2. The Morgan fingerprint density at radius 3 is 2.62 bits per heavy atom. The molecule has 3 nitrogen and oxygen atoms in total. The van der Waals surface area contributed by atoms with Gasteiger partial charge in [0.25, 0.3) is 0 Å². The smallest absolute Gasteiger partial charge is 0.328 e. The summed E-state index contributed by atoms with van der Waals surface area (Å²) in [4.78, 5) is 10.5. The van der Waals surface area contributed by atoms with Crippen LogP contribution in [-0.2, 0) is 4.79 Å². The van der Waals surface area contributed by atoms with Crippen LogP contribution < -0.4 is 4.74 Å². The zero-order valence-corrected chi connectivity index (χ0v) is 11.1. The first kappa shape index (κ1) is 14.7. The van der Waals surface area contributed by atoms with Crippen LogP contribution in [0.2, 0.25) is 0 Å². The van der Waals surface area contributed by atoms with E-state index in [1.165, 1.54) is 30.3 Å². The molecule has 0 aromatic heterocycles. The molecule has 5 heteroatoms. The maximum absolute atomic E-state index is 13.5. The van der Waals surface area contributed by atoms with Crippen LogP contribution in [0.4, 0.5) is 8.78 Å². The molecule has 0 radical (unpaired) electrons. The molecule has 108 valence electrons. The molecule has 2 aromatic rings. The second-order valence-corrected chi connectivity index (χ2v) is 4.40. The van der Waals surface area contributed by atoms with E-state index in [0.29, 0.717) is 11.1 Å². The fraction of sp³-hybridized carbons (Fsp3) is 0.0625. The Balaban J connectivity index is 2.31. The fourth-order valence-electron chi connectivity index (χ4n) is 1.72. The van der Waals surface area contributed by atoms with Crippen molar-refractivity contribution in [2.75, 3.05) is 0 Å². The highest BCUT2D eigenvalue weighted by molar-refractivity contribution is 5.85. The molecule has 0 amide bonds. The largest absolute Gasteiger partial charge is 0.478 e. The SMILES string of the molecule is Cc1ccc(F)cc1Oc1cc(F)cc(/C=C/C(=O)O)c1. The summed E-state index contributed by atoms with van der Waals surface area (Å²) in [5.41, 5.74) is 1.03. The predicted molar refractivity (Wildman–Crippen MR) is 74.3 cm³/mol. The highest BCUT2D eigenvalue weighted by atomic mass is 19.1. The van der Waals surface area contributed by atoms with Crippen molar-refractivity contribution in [2.24, 2.45) is 0 Å². The molecule has 2 aromatic carbocycles. The fourth-order valence-corrected chi connectivity index (χ4v) is 1.72. The van der Waals surface area contributed by atoms with E-state index in [1.54, 1.807) is 13.0 Å². The van der Waals surface area contributed by atoms with Crippen molar-refractivity contribution >= 4 is 12.0 Å². The number of hydrogen-bond acceptors (Lipinski definition) is 2. The van der Waals surface area contributed by atoms with Gasteiger partial charge in [-0.1, -0.05) is 6.07 Å². The van der Waals surface area contributed by atoms with Crippen molar-refractivity contribution in [3.63, 3.8) is 0 Å². The summed E-state index contributed by atoms with van der Waals surface area (Å²) in [5, 5.41) is 8.56. The molecule has 0 saturated carbocycles. The summed E-state index contributed by atoms with van der Waals surface area (Å²) in [6.07, 6.45) is 2.14. The number of carboxylic acids is 1. The molecule has 0 aliphatic heterocycles. The van der Waals surface area contributed by atoms with Gasteiger partial charge in [-0.15, -0.1) is 0 Å². The van der Waals surface area contributed by atoms with E-state index in [9.17, 15) is 13.6 Å². The van der Waals surface area contributed by atoms with Gasteiger partial charge >= 0.3 is 5.97 Å². The van der Waals surface area contributed by atoms with Gasteiger partial charge in [0, 0.05) is 18.2 Å². The highest BCUT2D eigenvalue weighted by Crippen LogP contribution is 2.27. The third-order valence-electron chi connectivity index (χ3n) is 2.69. The second kappa shape index (κ2) is 6.17. The van der Waals surface area contributed by atoms with Crippen LogP contribution in [0.1, 0.15) is 11.1 Å². The van der Waals surface area contributed by atoms with Crippen molar-refractivity contribution in [1.82, 2.24) is 0 Å². The van der Waals surface area contributed by atoms with Gasteiger partial charge in [0.05, 0.1) is 0 Å². The standard InChI is InChI=1S/C16H12F2O3/c1-10-2-4-12(17)9-15(10)21-14-7-11(3-5-16(19)20)6-13(18)8-14/h2-9H,1H3,(H,19,20)/b5-3+. The lowest BCUT2D eigenvalue weighted by atomic mass is 10.2. The number of rotatable bonds is 4. The molecule has 0 fully saturated rings. The maximum Gasteiger partial charge on any atom is 0.328 e. The number of aliphatic carboxylic acids is 1. The van der Waals surface area contributed by atoms with E-state index < -0.39 is 17.6 Å². The average Bonchev–Trinajstić information content (AvgIpc) is 2.40. The molecule has 0 aliphatic carbocycles. The van der Waals surface area contributed by atoms with Gasteiger partial charge in [-0.3, -0.25) is 0 Å². The number of ether oxygens (including phenoxy) is 1. The Morgan fingerprint density at radius 2 is 1.90 bits per heavy atom. The molecule has 0 unspecified atom stereocenters. The lowest BCUT2D eigenvalue weighted by molar-refractivity contribution is -0.131. The van der Waals surface area contributed by atoms with E-state index in [1.807, 2.05) is 0 Å². The lowest BCUT2D eigenvalue weighted by Gasteiger charge is -2.09. The van der Waals surface area contributed by atoms with Crippen LogP contribution in [0.25, 0.3) is 6.08 Å². The van der Waals surface area contributed by atoms with Crippen molar-refractivity contribution in [1.29, 1.82) is 0 Å². The number of carbonyl (C=O) groups is 1. The van der Waals surface area contributed by atoms with Crippen molar-refractivity contribution in [3.05, 3.63) is 65.2 Å². The van der Waals surface area contributed by atoms with E-state index in [0.717, 1.165) is 12.1 Å². The van der Waals surface area contributed by atoms with Gasteiger partial charge in [0.15, 0.2) is 0 Å². The summed E-state index contributed by atoms with van der Waals surface area (Å²) >= 11 is 0. The second-order valence-electron chi connectivity index (χ2n) is 4.40. The zero-order chi connectivity index (χ0) is 15.4. The summed E-state index contributed by atoms with van der Waals surface area (Å²) in [6.45, 7) is 1.74. The minimum atomic E-state index is -1.14. The minimum absolute atomic E-state index is 0.161. The number of benzene rings is 2. The van der Waals surface area contributed by atoms with Gasteiger partial charge < -0.3 is 9.84 Å². The summed E-state index contributed by atoms with van der Waals surface area (Å²) < 4.78 is 32.1. The van der Waals surface area contributed by atoms with Crippen molar-refractivity contribution in [2.45, 2.75) is 6.92 Å². The van der Waals surface area contributed by atoms with E-state index in [-0.39, 0.29) is 11.5 Å². The molecule has 0 aliphatic rings. The normalized spacial score (nSPS) is 10.8. The molecule has 0 saturated heterocycles. The summed E-state index contributed by atoms with van der Waals surface area (Å²) in [6, 6.07) is 7.83. The monoisotopic (exact) mass is 290 g/mol. The maximum atomic E-state index is 13.5. The summed E-state index contributed by atoms with van der Waals surface area (Å²) in [5.74, 6) is -1.74. The van der Waals surface area contributed by atoms with Crippen LogP contribution in [0, 0.1) is 18.6 Å². The number of hydrogen-bond donors (Lipinski definition) is 1. The molecular weight excluding hydrogens is 278 g/mol. The number of carboxylic acid groups (broad SMARTS) is 1. The van der Waals surface area contributed by atoms with E-state index >= 15 is 0 Å². The molecule has 21 heavy (non-hydrogen) atoms. The Kier molecular flexibility index (Phi) is 4.33. The molecule has 1 N–H and O–H groups in total. The Hall–Kier alpha value is -2.69. The molecule has 0 atom stereocenters. The Morgan fingerprint density at radius 1 is 1.14 bits per heavy atom. The van der Waals surface area contributed by atoms with E-state index in [2.05, 4.69) is 0 Å². The first-order valence-electron chi connectivity index (χ1n) is 6.09. The summed E-state index contributed by atoms with van der Waals surface area (Å²) in [7, 11) is 0. The first-order chi connectivity index (χ1) is 9.94. The van der Waals surface area contributed by atoms with Gasteiger partial charge in [-0.25, -0.2) is 13.6 Å². The molecule has 2 rings (SSSR count). The molecule has 0 spiro atoms.